The minimum absolute atomic E-state index is 0.0617. The summed E-state index contributed by atoms with van der Waals surface area (Å²) < 4.78 is 48.9. The SMILES string of the molecule is CC1(Oc2ccc(Cl)cc2)CCN(CCOc2ccccc2F)C1.CC1(Oc2ccc(Cl)cc2)CCNC1.Fc1ccccc1OCCBr. The van der Waals surface area contributed by atoms with Gasteiger partial charge in [-0.15, -0.1) is 0 Å². The third-order valence-electron chi connectivity index (χ3n) is 7.87. The van der Waals surface area contributed by atoms with Gasteiger partial charge in [0.15, 0.2) is 23.1 Å². The number of hydrogen-bond acceptors (Lipinski definition) is 6. The van der Waals surface area contributed by atoms with Gasteiger partial charge in [0.1, 0.15) is 29.3 Å². The van der Waals surface area contributed by atoms with E-state index < -0.39 is 0 Å². The first kappa shape index (κ1) is 38.7. The highest BCUT2D eigenvalue weighted by Gasteiger charge is 2.35. The number of likely N-dealkylation sites (tertiary alicyclic amines) is 1. The van der Waals surface area contributed by atoms with Gasteiger partial charge in [-0.05, 0) is 93.2 Å². The molecule has 2 fully saturated rings. The molecule has 0 aliphatic carbocycles. The Morgan fingerprint density at radius 1 is 0.714 bits per heavy atom. The largest absolute Gasteiger partial charge is 0.490 e. The van der Waals surface area contributed by atoms with Crippen LogP contribution in [0.3, 0.4) is 0 Å². The minimum Gasteiger partial charge on any atom is -0.490 e. The van der Waals surface area contributed by atoms with Crippen molar-refractivity contribution in [1.29, 1.82) is 0 Å². The molecule has 0 radical (unpaired) electrons. The summed E-state index contributed by atoms with van der Waals surface area (Å²) in [5.41, 5.74) is -0.292. The number of para-hydroxylation sites is 2. The van der Waals surface area contributed by atoms with Gasteiger partial charge < -0.3 is 24.3 Å². The lowest BCUT2D eigenvalue weighted by atomic mass is 10.1. The highest BCUT2D eigenvalue weighted by molar-refractivity contribution is 9.09. The second-order valence-corrected chi connectivity index (χ2v) is 13.9. The first-order chi connectivity index (χ1) is 23.6. The summed E-state index contributed by atoms with van der Waals surface area (Å²) in [4.78, 5) is 2.27. The molecule has 2 saturated heterocycles. The van der Waals surface area contributed by atoms with E-state index in [0.29, 0.717) is 35.1 Å². The van der Waals surface area contributed by atoms with Crippen LogP contribution < -0.4 is 24.3 Å². The second-order valence-electron chi connectivity index (χ2n) is 12.2. The molecule has 6 rings (SSSR count). The van der Waals surface area contributed by atoms with Crippen molar-refractivity contribution in [3.63, 3.8) is 0 Å². The highest BCUT2D eigenvalue weighted by Crippen LogP contribution is 2.29. The standard InChI is InChI=1S/C19H21ClFNO2.C11H14ClNO.C8H8BrFO/c1-19(24-16-8-6-15(20)7-9-16)10-11-22(14-19)12-13-23-18-5-3-2-4-17(18)21;1-11(6-7-13-8-11)14-10-4-2-9(12)3-5-10;9-5-6-11-8-4-2-1-3-7(8)10/h2-9H,10-14H2,1H3;2-5,13H,6-8H2,1H3;1-4H,5-6H2. The number of rotatable bonds is 11. The fourth-order valence-corrected chi connectivity index (χ4v) is 5.73. The van der Waals surface area contributed by atoms with Crippen LogP contribution in [0, 0.1) is 11.6 Å². The monoisotopic (exact) mass is 778 g/mol. The number of ether oxygens (including phenoxy) is 4. The van der Waals surface area contributed by atoms with E-state index in [-0.39, 0.29) is 22.8 Å². The van der Waals surface area contributed by atoms with Crippen molar-refractivity contribution >= 4 is 39.1 Å². The zero-order valence-electron chi connectivity index (χ0n) is 27.8. The molecule has 4 aromatic rings. The van der Waals surface area contributed by atoms with Gasteiger partial charge in [0.05, 0.1) is 6.61 Å². The first-order valence-corrected chi connectivity index (χ1v) is 18.1. The maximum Gasteiger partial charge on any atom is 0.165 e. The van der Waals surface area contributed by atoms with E-state index in [0.717, 1.165) is 62.1 Å². The Morgan fingerprint density at radius 3 is 1.71 bits per heavy atom. The summed E-state index contributed by atoms with van der Waals surface area (Å²) in [6.45, 7) is 9.62. The highest BCUT2D eigenvalue weighted by atomic mass is 79.9. The molecular formula is C38H43BrCl2F2N2O4. The summed E-state index contributed by atoms with van der Waals surface area (Å²) >= 11 is 14.9. The predicted molar refractivity (Wildman–Crippen MR) is 197 cm³/mol. The molecule has 0 aromatic heterocycles. The number of halogens is 5. The van der Waals surface area contributed by atoms with E-state index in [1.54, 1.807) is 36.4 Å². The van der Waals surface area contributed by atoms with Gasteiger partial charge in [-0.3, -0.25) is 4.90 Å². The molecule has 2 aliphatic heterocycles. The van der Waals surface area contributed by atoms with Crippen molar-refractivity contribution in [2.75, 3.05) is 51.3 Å². The van der Waals surface area contributed by atoms with E-state index in [4.69, 9.17) is 42.1 Å². The van der Waals surface area contributed by atoms with E-state index in [1.165, 1.54) is 12.1 Å². The van der Waals surface area contributed by atoms with Gasteiger partial charge in [-0.1, -0.05) is 63.4 Å². The zero-order chi connectivity index (χ0) is 35.1. The van der Waals surface area contributed by atoms with Crippen LogP contribution in [0.15, 0.2) is 97.1 Å². The van der Waals surface area contributed by atoms with Crippen LogP contribution in [0.25, 0.3) is 0 Å². The second kappa shape index (κ2) is 19.3. The maximum atomic E-state index is 13.5. The molecule has 2 heterocycles. The van der Waals surface area contributed by atoms with Gasteiger partial charge in [0.25, 0.3) is 0 Å². The molecular weight excluding hydrogens is 737 g/mol. The Balaban J connectivity index is 0.000000183. The van der Waals surface area contributed by atoms with Crippen molar-refractivity contribution in [2.24, 2.45) is 0 Å². The first-order valence-electron chi connectivity index (χ1n) is 16.2. The molecule has 6 nitrogen and oxygen atoms in total. The molecule has 4 aromatic carbocycles. The average Bonchev–Trinajstić information content (AvgIpc) is 3.69. The number of benzene rings is 4. The molecule has 2 aliphatic rings. The van der Waals surface area contributed by atoms with E-state index in [2.05, 4.69) is 40.0 Å². The van der Waals surface area contributed by atoms with Crippen molar-refractivity contribution < 1.29 is 27.7 Å². The molecule has 264 valence electrons. The Kier molecular flexibility index (Phi) is 15.3. The molecule has 49 heavy (non-hydrogen) atoms. The molecule has 0 bridgehead atoms. The molecule has 0 amide bonds. The van der Waals surface area contributed by atoms with Crippen LogP contribution in [0.5, 0.6) is 23.0 Å². The van der Waals surface area contributed by atoms with Gasteiger partial charge >= 0.3 is 0 Å². The Hall–Kier alpha value is -3.08. The summed E-state index contributed by atoms with van der Waals surface area (Å²) in [5.74, 6) is 1.69. The van der Waals surface area contributed by atoms with Gasteiger partial charge in [0.2, 0.25) is 0 Å². The Morgan fingerprint density at radius 2 is 1.22 bits per heavy atom. The topological polar surface area (TPSA) is 52.2 Å². The van der Waals surface area contributed by atoms with E-state index in [9.17, 15) is 8.78 Å². The quantitative estimate of drug-likeness (QED) is 0.153. The van der Waals surface area contributed by atoms with Crippen molar-refractivity contribution in [3.05, 3.63) is 119 Å². The smallest absolute Gasteiger partial charge is 0.165 e. The Labute approximate surface area is 306 Å². The molecule has 0 spiro atoms. The lowest BCUT2D eigenvalue weighted by Crippen LogP contribution is -2.37. The number of hydrogen-bond donors (Lipinski definition) is 1. The van der Waals surface area contributed by atoms with Crippen LogP contribution in [-0.2, 0) is 0 Å². The van der Waals surface area contributed by atoms with Gasteiger partial charge in [0, 0.05) is 54.4 Å². The third-order valence-corrected chi connectivity index (χ3v) is 8.70. The minimum atomic E-state index is -0.324. The van der Waals surface area contributed by atoms with Crippen molar-refractivity contribution in [2.45, 2.75) is 37.9 Å². The summed E-state index contributed by atoms with van der Waals surface area (Å²) in [5, 5.41) is 5.45. The van der Waals surface area contributed by atoms with Crippen LogP contribution in [-0.4, -0.2) is 67.4 Å². The van der Waals surface area contributed by atoms with Gasteiger partial charge in [-0.2, -0.15) is 0 Å². The summed E-state index contributed by atoms with van der Waals surface area (Å²) in [6.07, 6.45) is 1.99. The van der Waals surface area contributed by atoms with Crippen molar-refractivity contribution in [1.82, 2.24) is 10.2 Å². The molecule has 2 atom stereocenters. The maximum absolute atomic E-state index is 13.5. The molecule has 2 unspecified atom stereocenters. The van der Waals surface area contributed by atoms with Crippen molar-refractivity contribution in [3.8, 4) is 23.0 Å². The molecule has 0 saturated carbocycles. The summed E-state index contributed by atoms with van der Waals surface area (Å²) in [6, 6.07) is 27.8. The third kappa shape index (κ3) is 13.3. The predicted octanol–water partition coefficient (Wildman–Crippen LogP) is 9.47. The molecule has 11 heteroatoms. The van der Waals surface area contributed by atoms with Crippen LogP contribution in [0.2, 0.25) is 10.0 Å². The van der Waals surface area contributed by atoms with E-state index >= 15 is 0 Å². The van der Waals surface area contributed by atoms with Crippen LogP contribution >= 0.6 is 39.1 Å². The molecule has 1 N–H and O–H groups in total. The van der Waals surface area contributed by atoms with Gasteiger partial charge in [-0.25, -0.2) is 8.78 Å². The van der Waals surface area contributed by atoms with E-state index in [1.807, 2.05) is 48.5 Å². The normalized spacial score (nSPS) is 20.0. The zero-order valence-corrected chi connectivity index (χ0v) is 30.9. The van der Waals surface area contributed by atoms with Crippen LogP contribution in [0.1, 0.15) is 26.7 Å². The number of nitrogens with zero attached hydrogens (tertiary/aromatic N) is 1. The number of alkyl halides is 1. The average molecular weight is 781 g/mol. The summed E-state index contributed by atoms with van der Waals surface area (Å²) in [7, 11) is 0. The fourth-order valence-electron chi connectivity index (χ4n) is 5.31. The lowest BCUT2D eigenvalue weighted by Gasteiger charge is -2.26. The lowest BCUT2D eigenvalue weighted by molar-refractivity contribution is 0.0933. The number of nitrogens with one attached hydrogen (secondary N) is 1. The fraction of sp³-hybridized carbons (Fsp3) is 0.368. The van der Waals surface area contributed by atoms with Crippen LogP contribution in [0.4, 0.5) is 8.78 Å². The Bertz CT molecular complexity index is 1560.